The van der Waals surface area contributed by atoms with Gasteiger partial charge in [0, 0.05) is 41.1 Å². The van der Waals surface area contributed by atoms with Crippen LogP contribution in [0.4, 0.5) is 5.69 Å². The third kappa shape index (κ3) is 3.62. The van der Waals surface area contributed by atoms with Crippen LogP contribution in [0.2, 0.25) is 10.0 Å². The van der Waals surface area contributed by atoms with Crippen LogP contribution in [0.15, 0.2) is 54.9 Å². The maximum absolute atomic E-state index is 6.05. The molecule has 0 saturated heterocycles. The third-order valence-electron chi connectivity index (χ3n) is 3.42. The Balaban J connectivity index is 1.81. The monoisotopic (exact) mass is 331 g/mol. The van der Waals surface area contributed by atoms with Crippen molar-refractivity contribution in [2.75, 3.05) is 5.73 Å². The molecule has 22 heavy (non-hydrogen) atoms. The average molecular weight is 332 g/mol. The fourth-order valence-corrected chi connectivity index (χ4v) is 2.94. The van der Waals surface area contributed by atoms with Crippen molar-refractivity contribution in [2.24, 2.45) is 0 Å². The molecule has 0 amide bonds. The number of hydrogen-bond acceptors (Lipinski definition) is 2. The summed E-state index contributed by atoms with van der Waals surface area (Å²) in [5.41, 5.74) is 8.71. The summed E-state index contributed by atoms with van der Waals surface area (Å²) in [5.74, 6) is 0.968. The Hall–Kier alpha value is -1.97. The van der Waals surface area contributed by atoms with Crippen molar-refractivity contribution in [3.8, 4) is 0 Å². The highest BCUT2D eigenvalue weighted by Crippen LogP contribution is 2.21. The molecular weight excluding hydrogens is 317 g/mol. The lowest BCUT2D eigenvalue weighted by atomic mass is 10.1. The van der Waals surface area contributed by atoms with E-state index in [1.54, 1.807) is 12.3 Å². The molecule has 0 atom stereocenters. The van der Waals surface area contributed by atoms with Crippen LogP contribution in [0.1, 0.15) is 17.0 Å². The van der Waals surface area contributed by atoms with Crippen molar-refractivity contribution >= 4 is 28.9 Å². The van der Waals surface area contributed by atoms with Gasteiger partial charge in [0.25, 0.3) is 0 Å². The molecule has 0 aliphatic carbocycles. The van der Waals surface area contributed by atoms with Gasteiger partial charge in [-0.05, 0) is 41.5 Å². The quantitative estimate of drug-likeness (QED) is 0.719. The summed E-state index contributed by atoms with van der Waals surface area (Å²) >= 11 is 12.1. The molecule has 0 spiro atoms. The molecule has 0 aliphatic heterocycles. The van der Waals surface area contributed by atoms with Crippen molar-refractivity contribution in [1.82, 2.24) is 9.55 Å². The number of rotatable bonds is 4. The summed E-state index contributed by atoms with van der Waals surface area (Å²) < 4.78 is 2.11. The van der Waals surface area contributed by atoms with E-state index in [4.69, 9.17) is 28.9 Å². The predicted molar refractivity (Wildman–Crippen MR) is 91.5 cm³/mol. The lowest BCUT2D eigenvalue weighted by Gasteiger charge is -2.09. The molecule has 1 aromatic heterocycles. The molecule has 112 valence electrons. The van der Waals surface area contributed by atoms with Gasteiger partial charge >= 0.3 is 0 Å². The third-order valence-corrected chi connectivity index (χ3v) is 3.86. The van der Waals surface area contributed by atoms with Gasteiger partial charge in [-0.25, -0.2) is 4.98 Å². The number of nitrogens with two attached hydrogens (primary N) is 1. The summed E-state index contributed by atoms with van der Waals surface area (Å²) in [6.45, 7) is 0.754. The number of benzene rings is 2. The summed E-state index contributed by atoms with van der Waals surface area (Å²) in [4.78, 5) is 4.44. The number of aromatic nitrogens is 2. The number of imidazole rings is 1. The number of nitrogens with zero attached hydrogens (tertiary/aromatic N) is 2. The molecule has 0 unspecified atom stereocenters. The van der Waals surface area contributed by atoms with E-state index in [-0.39, 0.29) is 0 Å². The largest absolute Gasteiger partial charge is 0.399 e. The van der Waals surface area contributed by atoms with Crippen molar-refractivity contribution < 1.29 is 0 Å². The minimum absolute atomic E-state index is 0.638. The van der Waals surface area contributed by atoms with Gasteiger partial charge in [0.05, 0.1) is 0 Å². The smallest absolute Gasteiger partial charge is 0.113 e. The van der Waals surface area contributed by atoms with Gasteiger partial charge in [0.1, 0.15) is 5.82 Å². The molecule has 2 aromatic carbocycles. The van der Waals surface area contributed by atoms with Gasteiger partial charge in [0.15, 0.2) is 0 Å². The van der Waals surface area contributed by atoms with E-state index >= 15 is 0 Å². The number of halogens is 2. The van der Waals surface area contributed by atoms with Gasteiger partial charge < -0.3 is 10.3 Å². The van der Waals surface area contributed by atoms with Crippen molar-refractivity contribution in [3.05, 3.63) is 81.9 Å². The minimum atomic E-state index is 0.638. The second-order valence-electron chi connectivity index (χ2n) is 5.17. The first-order valence-corrected chi connectivity index (χ1v) is 7.65. The Bertz CT molecular complexity index is 759. The Morgan fingerprint density at radius 3 is 2.32 bits per heavy atom. The summed E-state index contributed by atoms with van der Waals surface area (Å²) in [6, 6.07) is 13.4. The second-order valence-corrected chi connectivity index (χ2v) is 6.04. The summed E-state index contributed by atoms with van der Waals surface area (Å²) in [6.07, 6.45) is 4.46. The van der Waals surface area contributed by atoms with Crippen LogP contribution in [0, 0.1) is 0 Å². The Morgan fingerprint density at radius 1 is 0.955 bits per heavy atom. The van der Waals surface area contributed by atoms with Crippen LogP contribution in [-0.4, -0.2) is 9.55 Å². The maximum atomic E-state index is 6.05. The Kier molecular flexibility index (Phi) is 4.36. The van der Waals surface area contributed by atoms with Crippen LogP contribution >= 0.6 is 23.2 Å². The molecule has 0 bridgehead atoms. The van der Waals surface area contributed by atoms with E-state index in [2.05, 4.69) is 9.55 Å². The fourth-order valence-electron chi connectivity index (χ4n) is 2.37. The maximum Gasteiger partial charge on any atom is 0.113 e. The van der Waals surface area contributed by atoms with Crippen LogP contribution in [0.5, 0.6) is 0 Å². The average Bonchev–Trinajstić information content (AvgIpc) is 2.87. The van der Waals surface area contributed by atoms with E-state index in [0.29, 0.717) is 16.5 Å². The molecular formula is C17H15Cl2N3. The first-order chi connectivity index (χ1) is 10.6. The zero-order valence-corrected chi connectivity index (χ0v) is 13.3. The van der Waals surface area contributed by atoms with Gasteiger partial charge in [-0.15, -0.1) is 0 Å². The van der Waals surface area contributed by atoms with Gasteiger partial charge in [-0.3, -0.25) is 0 Å². The second kappa shape index (κ2) is 6.42. The van der Waals surface area contributed by atoms with Crippen LogP contribution in [0.25, 0.3) is 0 Å². The van der Waals surface area contributed by atoms with Gasteiger partial charge in [0.2, 0.25) is 0 Å². The number of nitrogen functional groups attached to an aromatic ring is 1. The molecule has 0 saturated carbocycles. The van der Waals surface area contributed by atoms with E-state index in [1.165, 1.54) is 5.56 Å². The summed E-state index contributed by atoms with van der Waals surface area (Å²) in [7, 11) is 0. The minimum Gasteiger partial charge on any atom is -0.399 e. The molecule has 0 aliphatic rings. The van der Waals surface area contributed by atoms with Crippen LogP contribution in [-0.2, 0) is 13.0 Å². The first kappa shape index (κ1) is 14.9. The topological polar surface area (TPSA) is 43.8 Å². The van der Waals surface area contributed by atoms with E-state index < -0.39 is 0 Å². The molecule has 3 nitrogen and oxygen atoms in total. The molecule has 3 aromatic rings. The van der Waals surface area contributed by atoms with E-state index in [0.717, 1.165) is 23.6 Å². The SMILES string of the molecule is Nc1ccc(Cn2ccnc2Cc2cc(Cl)cc(Cl)c2)cc1. The zero-order valence-electron chi connectivity index (χ0n) is 11.8. The molecule has 1 heterocycles. The number of anilines is 1. The first-order valence-electron chi connectivity index (χ1n) is 6.89. The Labute approximate surface area is 139 Å². The van der Waals surface area contributed by atoms with Crippen molar-refractivity contribution in [1.29, 1.82) is 0 Å². The van der Waals surface area contributed by atoms with Crippen molar-refractivity contribution in [3.63, 3.8) is 0 Å². The van der Waals surface area contributed by atoms with E-state index in [9.17, 15) is 0 Å². The van der Waals surface area contributed by atoms with Crippen molar-refractivity contribution in [2.45, 2.75) is 13.0 Å². The Morgan fingerprint density at radius 2 is 1.64 bits per heavy atom. The van der Waals surface area contributed by atoms with Crippen LogP contribution < -0.4 is 5.73 Å². The standard InChI is InChI=1S/C17H15Cl2N3/c18-14-7-13(8-15(19)10-14)9-17-21-5-6-22(17)11-12-1-3-16(20)4-2-12/h1-8,10H,9,11,20H2. The van der Waals surface area contributed by atoms with Gasteiger partial charge in [-0.2, -0.15) is 0 Å². The number of hydrogen-bond donors (Lipinski definition) is 1. The molecule has 3 rings (SSSR count). The fraction of sp³-hybridized carbons (Fsp3) is 0.118. The normalized spacial score (nSPS) is 10.8. The lowest BCUT2D eigenvalue weighted by molar-refractivity contribution is 0.740. The summed E-state index contributed by atoms with van der Waals surface area (Å²) in [5, 5.41) is 1.28. The van der Waals surface area contributed by atoms with Crippen LogP contribution in [0.3, 0.4) is 0 Å². The highest BCUT2D eigenvalue weighted by molar-refractivity contribution is 6.34. The molecule has 5 heteroatoms. The molecule has 0 fully saturated rings. The molecule has 2 N–H and O–H groups in total. The predicted octanol–water partition coefficient (Wildman–Crippen LogP) is 4.41. The van der Waals surface area contributed by atoms with Gasteiger partial charge in [-0.1, -0.05) is 35.3 Å². The highest BCUT2D eigenvalue weighted by atomic mass is 35.5. The molecule has 0 radical (unpaired) electrons. The van der Waals surface area contributed by atoms with E-state index in [1.807, 2.05) is 42.6 Å². The lowest BCUT2D eigenvalue weighted by Crippen LogP contribution is -2.05. The highest BCUT2D eigenvalue weighted by Gasteiger charge is 2.07. The zero-order chi connectivity index (χ0) is 15.5.